The summed E-state index contributed by atoms with van der Waals surface area (Å²) in [6.45, 7) is 6.56. The number of ether oxygens (including phenoxy) is 3. The summed E-state index contributed by atoms with van der Waals surface area (Å²) in [6.07, 6.45) is -0.797. The molecule has 0 fully saturated rings. The Balaban J connectivity index is 1.44. The number of hydrogen-bond donors (Lipinski definition) is 2. The van der Waals surface area contributed by atoms with Crippen molar-refractivity contribution in [2.75, 3.05) is 25.2 Å². The van der Waals surface area contributed by atoms with Crippen LogP contribution in [-0.2, 0) is 0 Å². The van der Waals surface area contributed by atoms with Gasteiger partial charge in [-0.2, -0.15) is 0 Å². The van der Waals surface area contributed by atoms with Crippen molar-refractivity contribution in [2.45, 2.75) is 26.9 Å². The van der Waals surface area contributed by atoms with E-state index >= 15 is 0 Å². The quantitative estimate of drug-likeness (QED) is 0.519. The van der Waals surface area contributed by atoms with Gasteiger partial charge in [-0.3, -0.25) is 14.9 Å². The molecule has 1 atom stereocenters. The van der Waals surface area contributed by atoms with Crippen LogP contribution in [0.15, 0.2) is 60.7 Å². The van der Waals surface area contributed by atoms with Crippen molar-refractivity contribution in [3.05, 3.63) is 77.6 Å². The van der Waals surface area contributed by atoms with Crippen molar-refractivity contribution in [3.8, 4) is 17.2 Å². The van der Waals surface area contributed by atoms with Gasteiger partial charge in [-0.05, 0) is 81.4 Å². The first-order valence-corrected chi connectivity index (χ1v) is 10.2. The molecule has 3 rings (SSSR count). The van der Waals surface area contributed by atoms with Gasteiger partial charge in [0.2, 0.25) is 0 Å². The van der Waals surface area contributed by atoms with Crippen LogP contribution in [0.4, 0.5) is 0 Å². The molecule has 0 bridgehead atoms. The highest BCUT2D eigenvalue weighted by Gasteiger charge is 2.10. The van der Waals surface area contributed by atoms with E-state index in [1.807, 2.05) is 45.0 Å². The number of aromatic nitrogens is 1. The van der Waals surface area contributed by atoms with Crippen LogP contribution < -0.4 is 19.6 Å². The molecule has 0 spiro atoms. The zero-order chi connectivity index (χ0) is 22.2. The molecule has 0 saturated carbocycles. The number of benzene rings is 2. The van der Waals surface area contributed by atoms with Gasteiger partial charge < -0.3 is 19.3 Å². The summed E-state index contributed by atoms with van der Waals surface area (Å²) in [5.41, 5.74) is 5.28. The van der Waals surface area contributed by atoms with Crippen molar-refractivity contribution < 1.29 is 24.1 Å². The SMILES string of the molecule is CCOc1ccc(OCC(O)COc2ccc(C(=O)Nn3c(C)ccc3C)cc2)cc1. The number of aryl methyl sites for hydroxylation is 2. The third-order valence-electron chi connectivity index (χ3n) is 4.62. The molecule has 164 valence electrons. The van der Waals surface area contributed by atoms with Crippen LogP contribution in [-0.4, -0.2) is 41.6 Å². The summed E-state index contributed by atoms with van der Waals surface area (Å²) in [7, 11) is 0. The van der Waals surface area contributed by atoms with E-state index in [0.717, 1.165) is 17.1 Å². The highest BCUT2D eigenvalue weighted by atomic mass is 16.5. The molecule has 1 heterocycles. The molecule has 0 aliphatic carbocycles. The van der Waals surface area contributed by atoms with E-state index in [2.05, 4.69) is 5.43 Å². The summed E-state index contributed by atoms with van der Waals surface area (Å²) in [4.78, 5) is 12.4. The lowest BCUT2D eigenvalue weighted by Crippen LogP contribution is -2.25. The van der Waals surface area contributed by atoms with Crippen LogP contribution in [0.5, 0.6) is 17.2 Å². The number of rotatable bonds is 10. The van der Waals surface area contributed by atoms with E-state index in [-0.39, 0.29) is 19.1 Å². The first-order chi connectivity index (χ1) is 15.0. The van der Waals surface area contributed by atoms with Crippen molar-refractivity contribution in [1.82, 2.24) is 4.68 Å². The van der Waals surface area contributed by atoms with Gasteiger partial charge in [-0.1, -0.05) is 0 Å². The highest BCUT2D eigenvalue weighted by Crippen LogP contribution is 2.18. The zero-order valence-electron chi connectivity index (χ0n) is 18.0. The third kappa shape index (κ3) is 6.26. The maximum absolute atomic E-state index is 12.4. The first kappa shape index (κ1) is 22.2. The number of carbonyl (C=O) groups excluding carboxylic acids is 1. The summed E-state index contributed by atoms with van der Waals surface area (Å²) in [6, 6.07) is 17.9. The number of carbonyl (C=O) groups is 1. The number of nitrogens with zero attached hydrogens (tertiary/aromatic N) is 1. The van der Waals surface area contributed by atoms with Crippen LogP contribution in [0.2, 0.25) is 0 Å². The lowest BCUT2D eigenvalue weighted by atomic mass is 10.2. The number of aliphatic hydroxyl groups is 1. The summed E-state index contributed by atoms with van der Waals surface area (Å²) in [5.74, 6) is 1.77. The van der Waals surface area contributed by atoms with E-state index in [1.165, 1.54) is 0 Å². The van der Waals surface area contributed by atoms with Crippen molar-refractivity contribution in [1.29, 1.82) is 0 Å². The Labute approximate surface area is 182 Å². The molecule has 7 nitrogen and oxygen atoms in total. The van der Waals surface area contributed by atoms with Crippen molar-refractivity contribution in [2.24, 2.45) is 0 Å². The maximum Gasteiger partial charge on any atom is 0.270 e. The van der Waals surface area contributed by atoms with Gasteiger partial charge in [-0.25, -0.2) is 0 Å². The molecule has 0 saturated heterocycles. The van der Waals surface area contributed by atoms with Gasteiger partial charge >= 0.3 is 0 Å². The molecule has 0 aliphatic rings. The Morgan fingerprint density at radius 2 is 1.29 bits per heavy atom. The van der Waals surface area contributed by atoms with Gasteiger partial charge in [0.25, 0.3) is 5.91 Å². The standard InChI is InChI=1S/C24H28N2O5/c1-4-29-21-11-13-23(14-12-21)31-16-20(27)15-30-22-9-7-19(8-10-22)24(28)25-26-17(2)5-6-18(26)3/h5-14,20,27H,4,15-16H2,1-3H3,(H,25,28). The monoisotopic (exact) mass is 424 g/mol. The second-order valence-electron chi connectivity index (χ2n) is 7.10. The predicted molar refractivity (Wildman–Crippen MR) is 119 cm³/mol. The minimum Gasteiger partial charge on any atom is -0.494 e. The van der Waals surface area contributed by atoms with Gasteiger partial charge in [0, 0.05) is 17.0 Å². The van der Waals surface area contributed by atoms with Crippen LogP contribution in [0.3, 0.4) is 0 Å². The molecule has 1 aromatic heterocycles. The fourth-order valence-corrected chi connectivity index (χ4v) is 2.95. The Hall–Kier alpha value is -3.45. The Bertz CT molecular complexity index is 961. The zero-order valence-corrected chi connectivity index (χ0v) is 18.0. The van der Waals surface area contributed by atoms with Gasteiger partial charge in [-0.15, -0.1) is 0 Å². The molecule has 0 radical (unpaired) electrons. The van der Waals surface area contributed by atoms with Crippen LogP contribution in [0.25, 0.3) is 0 Å². The summed E-state index contributed by atoms with van der Waals surface area (Å²) >= 11 is 0. The maximum atomic E-state index is 12.4. The fourth-order valence-electron chi connectivity index (χ4n) is 2.95. The van der Waals surface area contributed by atoms with E-state index < -0.39 is 6.10 Å². The summed E-state index contributed by atoms with van der Waals surface area (Å²) in [5, 5.41) is 10.1. The number of hydrogen-bond acceptors (Lipinski definition) is 5. The molecule has 31 heavy (non-hydrogen) atoms. The second kappa shape index (κ2) is 10.5. The molecular formula is C24H28N2O5. The molecule has 0 aliphatic heterocycles. The molecule has 3 aromatic rings. The third-order valence-corrected chi connectivity index (χ3v) is 4.62. The average Bonchev–Trinajstić information content (AvgIpc) is 3.09. The normalized spacial score (nSPS) is 11.6. The van der Waals surface area contributed by atoms with E-state index in [1.54, 1.807) is 41.1 Å². The lowest BCUT2D eigenvalue weighted by molar-refractivity contribution is 0.0626. The van der Waals surface area contributed by atoms with Crippen LogP contribution in [0, 0.1) is 13.8 Å². The lowest BCUT2D eigenvalue weighted by Gasteiger charge is -2.14. The first-order valence-electron chi connectivity index (χ1n) is 10.2. The van der Waals surface area contributed by atoms with Crippen molar-refractivity contribution in [3.63, 3.8) is 0 Å². The van der Waals surface area contributed by atoms with Gasteiger partial charge in [0.1, 0.15) is 36.6 Å². The highest BCUT2D eigenvalue weighted by molar-refractivity contribution is 6.00. The van der Waals surface area contributed by atoms with Crippen molar-refractivity contribution >= 4 is 5.91 Å². The molecule has 1 unspecified atom stereocenters. The Morgan fingerprint density at radius 3 is 1.77 bits per heavy atom. The Morgan fingerprint density at radius 1 is 0.839 bits per heavy atom. The number of amides is 1. The van der Waals surface area contributed by atoms with Crippen LogP contribution in [0.1, 0.15) is 28.7 Å². The van der Waals surface area contributed by atoms with Gasteiger partial charge in [0.05, 0.1) is 6.61 Å². The fraction of sp³-hybridized carbons (Fsp3) is 0.292. The van der Waals surface area contributed by atoms with E-state index in [9.17, 15) is 9.90 Å². The van der Waals surface area contributed by atoms with Crippen LogP contribution >= 0.6 is 0 Å². The predicted octanol–water partition coefficient (Wildman–Crippen LogP) is 3.71. The van der Waals surface area contributed by atoms with E-state index in [4.69, 9.17) is 14.2 Å². The minimum atomic E-state index is -0.797. The number of nitrogens with one attached hydrogen (secondary N) is 1. The topological polar surface area (TPSA) is 82.0 Å². The molecular weight excluding hydrogens is 396 g/mol. The molecule has 7 heteroatoms. The molecule has 2 N–H and O–H groups in total. The largest absolute Gasteiger partial charge is 0.494 e. The molecule has 1 amide bonds. The van der Waals surface area contributed by atoms with E-state index in [0.29, 0.717) is 23.7 Å². The smallest absolute Gasteiger partial charge is 0.270 e. The molecule has 2 aromatic carbocycles. The second-order valence-corrected chi connectivity index (χ2v) is 7.10. The minimum absolute atomic E-state index is 0.0737. The average molecular weight is 424 g/mol. The Kier molecular flexibility index (Phi) is 7.56. The summed E-state index contributed by atoms with van der Waals surface area (Å²) < 4.78 is 18.3. The number of aliphatic hydroxyl groups excluding tert-OH is 1. The van der Waals surface area contributed by atoms with Gasteiger partial charge in [0.15, 0.2) is 0 Å².